The molecule has 1 aromatic carbocycles. The molecule has 2 rings (SSSR count). The van der Waals surface area contributed by atoms with E-state index in [0.717, 1.165) is 34.7 Å². The first-order valence-corrected chi connectivity index (χ1v) is 6.77. The molecule has 0 amide bonds. The molecule has 0 bridgehead atoms. The molecule has 1 unspecified atom stereocenters. The molecule has 0 aliphatic rings. The van der Waals surface area contributed by atoms with Crippen LogP contribution in [0.1, 0.15) is 36.1 Å². The van der Waals surface area contributed by atoms with Gasteiger partial charge in [0, 0.05) is 23.3 Å². The van der Waals surface area contributed by atoms with Gasteiger partial charge in [-0.3, -0.25) is 10.5 Å². The van der Waals surface area contributed by atoms with Gasteiger partial charge in [0.05, 0.1) is 12.2 Å². The Balaban J connectivity index is 2.32. The van der Waals surface area contributed by atoms with Crippen LogP contribution in [0.3, 0.4) is 0 Å². The van der Waals surface area contributed by atoms with Crippen molar-refractivity contribution in [2.45, 2.75) is 32.9 Å². The van der Waals surface area contributed by atoms with Crippen LogP contribution in [0.15, 0.2) is 30.6 Å². The highest BCUT2D eigenvalue weighted by Crippen LogP contribution is 2.25. The maximum absolute atomic E-state index is 6.10. The van der Waals surface area contributed by atoms with Crippen molar-refractivity contribution in [2.24, 2.45) is 5.84 Å². The van der Waals surface area contributed by atoms with Crippen molar-refractivity contribution in [3.8, 4) is 0 Å². The fourth-order valence-corrected chi connectivity index (χ4v) is 2.49. The van der Waals surface area contributed by atoms with Crippen LogP contribution in [-0.4, -0.2) is 9.78 Å². The van der Waals surface area contributed by atoms with Crippen LogP contribution in [0.4, 0.5) is 0 Å². The number of halogens is 1. The number of aryl methyl sites for hydroxylation is 2. The van der Waals surface area contributed by atoms with Gasteiger partial charge in [0.2, 0.25) is 0 Å². The van der Waals surface area contributed by atoms with E-state index in [1.807, 2.05) is 36.1 Å². The third-order valence-electron chi connectivity index (χ3n) is 3.00. The largest absolute Gasteiger partial charge is 0.272 e. The minimum absolute atomic E-state index is 0.0944. The Hall–Kier alpha value is -1.36. The Morgan fingerprint density at radius 1 is 1.37 bits per heavy atom. The Kier molecular flexibility index (Phi) is 4.58. The van der Waals surface area contributed by atoms with E-state index in [1.54, 1.807) is 0 Å². The van der Waals surface area contributed by atoms with Crippen LogP contribution in [0.5, 0.6) is 0 Å². The summed E-state index contributed by atoms with van der Waals surface area (Å²) in [6, 6.07) is 5.84. The standard InChI is InChI=1S/C14H19ClN4/c1-3-4-19-9-12(8-17-19)14(18-16)11-5-10(2)6-13(15)7-11/h5-9,14,18H,3-4,16H2,1-2H3. The lowest BCUT2D eigenvalue weighted by Crippen LogP contribution is -2.28. The molecule has 102 valence electrons. The summed E-state index contributed by atoms with van der Waals surface area (Å²) in [7, 11) is 0. The molecule has 0 fully saturated rings. The first-order chi connectivity index (χ1) is 9.13. The van der Waals surface area contributed by atoms with E-state index in [0.29, 0.717) is 0 Å². The maximum Gasteiger partial charge on any atom is 0.0741 e. The number of hydrogen-bond donors (Lipinski definition) is 2. The summed E-state index contributed by atoms with van der Waals surface area (Å²) in [5.74, 6) is 5.69. The van der Waals surface area contributed by atoms with E-state index in [-0.39, 0.29) is 6.04 Å². The van der Waals surface area contributed by atoms with E-state index in [9.17, 15) is 0 Å². The second kappa shape index (κ2) is 6.19. The second-order valence-corrected chi connectivity index (χ2v) is 5.13. The van der Waals surface area contributed by atoms with E-state index in [2.05, 4.69) is 23.5 Å². The number of aromatic nitrogens is 2. The van der Waals surface area contributed by atoms with Crippen LogP contribution < -0.4 is 11.3 Å². The summed E-state index contributed by atoms with van der Waals surface area (Å²) < 4.78 is 1.93. The smallest absolute Gasteiger partial charge is 0.0741 e. The molecule has 0 saturated carbocycles. The fourth-order valence-electron chi connectivity index (χ4n) is 2.20. The summed E-state index contributed by atoms with van der Waals surface area (Å²) in [4.78, 5) is 0. The molecule has 4 nitrogen and oxygen atoms in total. The van der Waals surface area contributed by atoms with Crippen molar-refractivity contribution in [1.82, 2.24) is 15.2 Å². The van der Waals surface area contributed by atoms with Gasteiger partial charge in [-0.2, -0.15) is 5.10 Å². The highest BCUT2D eigenvalue weighted by Gasteiger charge is 2.15. The quantitative estimate of drug-likeness (QED) is 0.653. The normalized spacial score (nSPS) is 12.6. The van der Waals surface area contributed by atoms with Gasteiger partial charge < -0.3 is 0 Å². The molecular formula is C14H19ClN4. The van der Waals surface area contributed by atoms with Crippen LogP contribution in [0.25, 0.3) is 0 Å². The molecule has 0 saturated heterocycles. The first kappa shape index (κ1) is 14.1. The molecule has 3 N–H and O–H groups in total. The van der Waals surface area contributed by atoms with Gasteiger partial charge in [0.25, 0.3) is 0 Å². The van der Waals surface area contributed by atoms with Gasteiger partial charge in [-0.1, -0.05) is 24.6 Å². The molecule has 0 radical (unpaired) electrons. The molecule has 1 heterocycles. The Morgan fingerprint density at radius 2 is 2.16 bits per heavy atom. The predicted molar refractivity (Wildman–Crippen MR) is 77.9 cm³/mol. The van der Waals surface area contributed by atoms with Gasteiger partial charge in [-0.05, 0) is 36.6 Å². The summed E-state index contributed by atoms with van der Waals surface area (Å²) in [5, 5.41) is 5.05. The highest BCUT2D eigenvalue weighted by molar-refractivity contribution is 6.30. The molecule has 5 heteroatoms. The molecule has 0 spiro atoms. The lowest BCUT2D eigenvalue weighted by atomic mass is 10.0. The minimum Gasteiger partial charge on any atom is -0.272 e. The predicted octanol–water partition coefficient (Wildman–Crippen LogP) is 2.81. The zero-order valence-electron chi connectivity index (χ0n) is 11.2. The summed E-state index contributed by atoms with van der Waals surface area (Å²) in [6.45, 7) is 5.05. The SMILES string of the molecule is CCCn1cc(C(NN)c2cc(C)cc(Cl)c2)cn1. The molecule has 0 aliphatic heterocycles. The summed E-state index contributed by atoms with van der Waals surface area (Å²) >= 11 is 6.10. The van der Waals surface area contributed by atoms with Crippen LogP contribution in [0.2, 0.25) is 5.02 Å². The summed E-state index contributed by atoms with van der Waals surface area (Å²) in [6.07, 6.45) is 4.92. The lowest BCUT2D eigenvalue weighted by Gasteiger charge is -2.15. The van der Waals surface area contributed by atoms with Crippen molar-refractivity contribution >= 4 is 11.6 Å². The number of nitrogens with one attached hydrogen (secondary N) is 1. The number of nitrogens with two attached hydrogens (primary N) is 1. The van der Waals surface area contributed by atoms with E-state index in [4.69, 9.17) is 17.4 Å². The number of benzene rings is 1. The minimum atomic E-state index is -0.0944. The lowest BCUT2D eigenvalue weighted by molar-refractivity contribution is 0.598. The van der Waals surface area contributed by atoms with Gasteiger partial charge >= 0.3 is 0 Å². The zero-order chi connectivity index (χ0) is 13.8. The Morgan fingerprint density at radius 3 is 2.79 bits per heavy atom. The first-order valence-electron chi connectivity index (χ1n) is 6.39. The molecule has 2 aromatic rings. The van der Waals surface area contributed by atoms with Crippen LogP contribution in [0, 0.1) is 6.92 Å². The van der Waals surface area contributed by atoms with Gasteiger partial charge in [0.15, 0.2) is 0 Å². The van der Waals surface area contributed by atoms with E-state index in [1.165, 1.54) is 0 Å². The number of hydrazine groups is 1. The van der Waals surface area contributed by atoms with Crippen LogP contribution in [-0.2, 0) is 6.54 Å². The third kappa shape index (κ3) is 3.35. The average molecular weight is 279 g/mol. The molecular weight excluding hydrogens is 260 g/mol. The Bertz CT molecular complexity index is 530. The van der Waals surface area contributed by atoms with Crippen molar-refractivity contribution in [3.63, 3.8) is 0 Å². The highest BCUT2D eigenvalue weighted by atomic mass is 35.5. The van der Waals surface area contributed by atoms with Gasteiger partial charge in [0.1, 0.15) is 0 Å². The number of rotatable bonds is 5. The second-order valence-electron chi connectivity index (χ2n) is 4.70. The number of nitrogens with zero attached hydrogens (tertiary/aromatic N) is 2. The summed E-state index contributed by atoms with van der Waals surface area (Å²) in [5.41, 5.74) is 6.03. The van der Waals surface area contributed by atoms with Crippen molar-refractivity contribution in [2.75, 3.05) is 0 Å². The van der Waals surface area contributed by atoms with Crippen molar-refractivity contribution in [3.05, 3.63) is 52.3 Å². The van der Waals surface area contributed by atoms with E-state index < -0.39 is 0 Å². The van der Waals surface area contributed by atoms with Crippen molar-refractivity contribution in [1.29, 1.82) is 0 Å². The molecule has 1 aromatic heterocycles. The van der Waals surface area contributed by atoms with Gasteiger partial charge in [-0.25, -0.2) is 5.43 Å². The average Bonchev–Trinajstić information content (AvgIpc) is 2.78. The van der Waals surface area contributed by atoms with Crippen LogP contribution >= 0.6 is 11.6 Å². The number of hydrogen-bond acceptors (Lipinski definition) is 3. The molecule has 1 atom stereocenters. The fraction of sp³-hybridized carbons (Fsp3) is 0.357. The van der Waals surface area contributed by atoms with E-state index >= 15 is 0 Å². The Labute approximate surface area is 118 Å². The monoisotopic (exact) mass is 278 g/mol. The zero-order valence-corrected chi connectivity index (χ0v) is 12.0. The third-order valence-corrected chi connectivity index (χ3v) is 3.22. The van der Waals surface area contributed by atoms with Gasteiger partial charge in [-0.15, -0.1) is 0 Å². The van der Waals surface area contributed by atoms with Crippen molar-refractivity contribution < 1.29 is 0 Å². The molecule has 19 heavy (non-hydrogen) atoms. The maximum atomic E-state index is 6.10. The topological polar surface area (TPSA) is 55.9 Å². The molecule has 0 aliphatic carbocycles.